The topological polar surface area (TPSA) is 62.4 Å². The molecule has 0 bridgehead atoms. The predicted octanol–water partition coefficient (Wildman–Crippen LogP) is 3.85. The first-order chi connectivity index (χ1) is 14.0. The van der Waals surface area contributed by atoms with Crippen molar-refractivity contribution >= 4 is 16.8 Å². The number of ether oxygens (including phenoxy) is 1. The monoisotopic (exact) mass is 390 g/mol. The second kappa shape index (κ2) is 8.21. The molecule has 4 rings (SSSR count). The minimum Gasteiger partial charge on any atom is -0.368 e. The maximum atomic E-state index is 13.1. The van der Waals surface area contributed by atoms with E-state index in [1.54, 1.807) is 4.90 Å². The van der Waals surface area contributed by atoms with Gasteiger partial charge in [-0.3, -0.25) is 9.59 Å². The molecule has 1 saturated heterocycles. The van der Waals surface area contributed by atoms with Gasteiger partial charge in [0.25, 0.3) is 11.5 Å². The van der Waals surface area contributed by atoms with Crippen LogP contribution < -0.4 is 5.56 Å². The molecule has 1 aromatic heterocycles. The quantitative estimate of drug-likeness (QED) is 0.720. The lowest BCUT2D eigenvalue weighted by Crippen LogP contribution is -2.39. The van der Waals surface area contributed by atoms with E-state index in [0.717, 1.165) is 40.4 Å². The molecule has 0 saturated carbocycles. The van der Waals surface area contributed by atoms with Gasteiger partial charge in [0.2, 0.25) is 0 Å². The Balaban J connectivity index is 1.67. The molecule has 1 aliphatic rings. The third kappa shape index (κ3) is 4.10. The van der Waals surface area contributed by atoms with E-state index in [2.05, 4.69) is 11.1 Å². The van der Waals surface area contributed by atoms with Crippen LogP contribution in [0.3, 0.4) is 0 Å². The van der Waals surface area contributed by atoms with Gasteiger partial charge in [0.1, 0.15) is 6.10 Å². The third-order valence-electron chi connectivity index (χ3n) is 5.72. The van der Waals surface area contributed by atoms with Gasteiger partial charge in [0, 0.05) is 18.7 Å². The number of carbonyl (C=O) groups is 1. The maximum Gasteiger partial charge on any atom is 0.253 e. The number of rotatable bonds is 5. The molecule has 0 unspecified atom stereocenters. The lowest BCUT2D eigenvalue weighted by atomic mass is 10.0. The number of hydrogen-bond donors (Lipinski definition) is 1. The van der Waals surface area contributed by atoms with Gasteiger partial charge in [0.05, 0.1) is 12.1 Å². The van der Waals surface area contributed by atoms with Crippen molar-refractivity contribution in [1.82, 2.24) is 9.88 Å². The van der Waals surface area contributed by atoms with Crippen molar-refractivity contribution in [3.05, 3.63) is 81.1 Å². The Labute approximate surface area is 170 Å². The molecule has 1 fully saturated rings. The first kappa shape index (κ1) is 19.4. The number of nitrogens with zero attached hydrogens (tertiary/aromatic N) is 1. The number of pyridine rings is 1. The summed E-state index contributed by atoms with van der Waals surface area (Å²) >= 11 is 0. The van der Waals surface area contributed by atoms with Crippen LogP contribution in [0.4, 0.5) is 0 Å². The van der Waals surface area contributed by atoms with E-state index < -0.39 is 6.10 Å². The molecule has 29 heavy (non-hydrogen) atoms. The third-order valence-corrected chi connectivity index (χ3v) is 5.72. The van der Waals surface area contributed by atoms with Crippen molar-refractivity contribution in [3.8, 4) is 0 Å². The molecule has 2 aromatic carbocycles. The van der Waals surface area contributed by atoms with E-state index in [1.165, 1.54) is 0 Å². The highest BCUT2D eigenvalue weighted by atomic mass is 16.5. The minimum atomic E-state index is -0.414. The number of fused-ring (bicyclic) bond motifs is 1. The summed E-state index contributed by atoms with van der Waals surface area (Å²) in [7, 11) is 0. The number of carbonyl (C=O) groups excluding carboxylic acids is 1. The molecule has 1 N–H and O–H groups in total. The molecular formula is C24H26N2O3. The summed E-state index contributed by atoms with van der Waals surface area (Å²) in [5.41, 5.74) is 4.54. The molecule has 1 amide bonds. The van der Waals surface area contributed by atoms with E-state index in [9.17, 15) is 9.59 Å². The number of aryl methyl sites for hydroxylation is 2. The molecule has 1 aliphatic heterocycles. The van der Waals surface area contributed by atoms with Crippen LogP contribution in [-0.4, -0.2) is 28.5 Å². The highest BCUT2D eigenvalue weighted by molar-refractivity contribution is 5.84. The molecule has 3 aromatic rings. The SMILES string of the molecule is Cc1ccc2cc(CN(Cc3ccccc3)C(=O)[C@@H]3CCCO3)c(=O)[nH]c2c1C. The lowest BCUT2D eigenvalue weighted by molar-refractivity contribution is -0.142. The Morgan fingerprint density at radius 1 is 1.14 bits per heavy atom. The number of nitrogens with one attached hydrogen (secondary N) is 1. The summed E-state index contributed by atoms with van der Waals surface area (Å²) in [6.07, 6.45) is 1.21. The second-order valence-corrected chi connectivity index (χ2v) is 7.78. The van der Waals surface area contributed by atoms with Crippen molar-refractivity contribution in [2.45, 2.75) is 45.9 Å². The van der Waals surface area contributed by atoms with Crippen molar-refractivity contribution < 1.29 is 9.53 Å². The van der Waals surface area contributed by atoms with Crippen LogP contribution in [-0.2, 0) is 22.6 Å². The number of aromatic amines is 1. The predicted molar refractivity (Wildman–Crippen MR) is 114 cm³/mol. The normalized spacial score (nSPS) is 16.3. The Bertz CT molecular complexity index is 1080. The van der Waals surface area contributed by atoms with Crippen LogP contribution in [0.5, 0.6) is 0 Å². The van der Waals surface area contributed by atoms with Crippen molar-refractivity contribution in [2.24, 2.45) is 0 Å². The molecule has 150 valence electrons. The summed E-state index contributed by atoms with van der Waals surface area (Å²) < 4.78 is 5.62. The summed E-state index contributed by atoms with van der Waals surface area (Å²) in [5, 5.41) is 0.979. The Kier molecular flexibility index (Phi) is 5.49. The molecule has 0 radical (unpaired) electrons. The lowest BCUT2D eigenvalue weighted by Gasteiger charge is -2.25. The molecular weight excluding hydrogens is 364 g/mol. The highest BCUT2D eigenvalue weighted by Gasteiger charge is 2.29. The fourth-order valence-corrected chi connectivity index (χ4v) is 3.88. The zero-order valence-corrected chi connectivity index (χ0v) is 16.9. The fraction of sp³-hybridized carbons (Fsp3) is 0.333. The standard InChI is InChI=1S/C24H26N2O3/c1-16-10-11-19-13-20(23(27)25-22(19)17(16)2)15-26(14-18-7-4-3-5-8-18)24(28)21-9-6-12-29-21/h3-5,7-8,10-11,13,21H,6,9,12,14-15H2,1-2H3,(H,25,27)/t21-/m0/s1. The number of hydrogen-bond acceptors (Lipinski definition) is 3. The molecule has 0 aliphatic carbocycles. The maximum absolute atomic E-state index is 13.1. The van der Waals surface area contributed by atoms with Gasteiger partial charge >= 0.3 is 0 Å². The van der Waals surface area contributed by atoms with Gasteiger partial charge in [-0.15, -0.1) is 0 Å². The Morgan fingerprint density at radius 2 is 1.93 bits per heavy atom. The van der Waals surface area contributed by atoms with Gasteiger partial charge in [-0.05, 0) is 54.8 Å². The molecule has 0 spiro atoms. The van der Waals surface area contributed by atoms with Crippen molar-refractivity contribution in [3.63, 3.8) is 0 Å². The molecule has 5 nitrogen and oxygen atoms in total. The molecule has 1 atom stereocenters. The van der Waals surface area contributed by atoms with Crippen LogP contribution >= 0.6 is 0 Å². The number of amides is 1. The zero-order chi connectivity index (χ0) is 20.4. The number of benzene rings is 2. The zero-order valence-electron chi connectivity index (χ0n) is 16.9. The first-order valence-electron chi connectivity index (χ1n) is 10.1. The van der Waals surface area contributed by atoms with Crippen LogP contribution in [0.1, 0.15) is 35.1 Å². The van der Waals surface area contributed by atoms with E-state index in [0.29, 0.717) is 18.7 Å². The number of H-pyrrole nitrogens is 1. The largest absolute Gasteiger partial charge is 0.368 e. The average Bonchev–Trinajstić information content (AvgIpc) is 3.26. The molecule has 2 heterocycles. The Morgan fingerprint density at radius 3 is 2.66 bits per heavy atom. The van der Waals surface area contributed by atoms with Crippen LogP contribution in [0.25, 0.3) is 10.9 Å². The Hall–Kier alpha value is -2.92. The summed E-state index contributed by atoms with van der Waals surface area (Å²) in [4.78, 5) is 30.7. The van der Waals surface area contributed by atoms with Crippen LogP contribution in [0, 0.1) is 13.8 Å². The summed E-state index contributed by atoms with van der Waals surface area (Å²) in [6, 6.07) is 15.8. The fourth-order valence-electron chi connectivity index (χ4n) is 3.88. The van der Waals surface area contributed by atoms with E-state index in [4.69, 9.17) is 4.74 Å². The average molecular weight is 390 g/mol. The van der Waals surface area contributed by atoms with Gasteiger partial charge in [0.15, 0.2) is 0 Å². The van der Waals surface area contributed by atoms with Crippen molar-refractivity contribution in [1.29, 1.82) is 0 Å². The first-order valence-corrected chi connectivity index (χ1v) is 10.1. The van der Waals surface area contributed by atoms with Gasteiger partial charge < -0.3 is 14.6 Å². The smallest absolute Gasteiger partial charge is 0.253 e. The summed E-state index contributed by atoms with van der Waals surface area (Å²) in [5.74, 6) is -0.0501. The van der Waals surface area contributed by atoms with E-state index >= 15 is 0 Å². The van der Waals surface area contributed by atoms with Crippen LogP contribution in [0.15, 0.2) is 53.3 Å². The van der Waals surface area contributed by atoms with Gasteiger partial charge in [-0.25, -0.2) is 0 Å². The molecule has 5 heteroatoms. The van der Waals surface area contributed by atoms with Crippen molar-refractivity contribution in [2.75, 3.05) is 6.61 Å². The van der Waals surface area contributed by atoms with E-state index in [1.807, 2.05) is 56.3 Å². The number of aromatic nitrogens is 1. The highest BCUT2D eigenvalue weighted by Crippen LogP contribution is 2.21. The van der Waals surface area contributed by atoms with E-state index in [-0.39, 0.29) is 18.0 Å². The minimum absolute atomic E-state index is 0.0501. The van der Waals surface area contributed by atoms with Gasteiger partial charge in [-0.1, -0.05) is 42.5 Å². The second-order valence-electron chi connectivity index (χ2n) is 7.78. The summed E-state index contributed by atoms with van der Waals surface area (Å²) in [6.45, 7) is 5.36. The van der Waals surface area contributed by atoms with Gasteiger partial charge in [-0.2, -0.15) is 0 Å². The van der Waals surface area contributed by atoms with Crippen LogP contribution in [0.2, 0.25) is 0 Å².